The van der Waals surface area contributed by atoms with E-state index in [1.807, 2.05) is 0 Å². The maximum atomic E-state index is 11.8. The molecule has 0 aliphatic carbocycles. The Morgan fingerprint density at radius 2 is 2.06 bits per heavy atom. The molecule has 1 fully saturated rings. The summed E-state index contributed by atoms with van der Waals surface area (Å²) in [6, 6.07) is -0.169. The first kappa shape index (κ1) is 13.6. The standard InChI is InChI=1S/C10H20N2O3S/c1-9(13)8-10-6-4-3-5-7-12(10)16(14,15)11-2/h10-11H,3-8H2,1-2H3. The van der Waals surface area contributed by atoms with E-state index in [0.29, 0.717) is 13.0 Å². The number of hydrogen-bond acceptors (Lipinski definition) is 3. The summed E-state index contributed by atoms with van der Waals surface area (Å²) in [5, 5.41) is 0. The first-order chi connectivity index (χ1) is 7.47. The van der Waals surface area contributed by atoms with Crippen molar-refractivity contribution in [2.45, 2.75) is 45.1 Å². The molecule has 1 unspecified atom stereocenters. The molecule has 1 aliphatic rings. The molecule has 1 heterocycles. The largest absolute Gasteiger partial charge is 0.300 e. The molecule has 0 amide bonds. The van der Waals surface area contributed by atoms with Gasteiger partial charge < -0.3 is 0 Å². The lowest BCUT2D eigenvalue weighted by Crippen LogP contribution is -2.45. The van der Waals surface area contributed by atoms with Gasteiger partial charge in [-0.05, 0) is 19.8 Å². The molecule has 94 valence electrons. The second-order valence-corrected chi connectivity index (χ2v) is 6.06. The van der Waals surface area contributed by atoms with Gasteiger partial charge in [-0.2, -0.15) is 12.7 Å². The van der Waals surface area contributed by atoms with E-state index >= 15 is 0 Å². The Kier molecular flexibility index (Phi) is 4.89. The van der Waals surface area contributed by atoms with Crippen LogP contribution in [0.2, 0.25) is 0 Å². The van der Waals surface area contributed by atoms with E-state index in [2.05, 4.69) is 4.72 Å². The zero-order chi connectivity index (χ0) is 12.2. The average Bonchev–Trinajstić information content (AvgIpc) is 2.43. The van der Waals surface area contributed by atoms with Crippen molar-refractivity contribution in [2.75, 3.05) is 13.6 Å². The number of ketones is 1. The minimum absolute atomic E-state index is 0.0446. The highest BCUT2D eigenvalue weighted by Gasteiger charge is 2.30. The summed E-state index contributed by atoms with van der Waals surface area (Å²) < 4.78 is 27.4. The quantitative estimate of drug-likeness (QED) is 0.795. The van der Waals surface area contributed by atoms with E-state index in [-0.39, 0.29) is 11.8 Å². The third-order valence-electron chi connectivity index (χ3n) is 2.91. The summed E-state index contributed by atoms with van der Waals surface area (Å²) in [4.78, 5) is 11.1. The average molecular weight is 248 g/mol. The minimum atomic E-state index is -3.41. The van der Waals surface area contributed by atoms with Gasteiger partial charge in [-0.3, -0.25) is 4.79 Å². The lowest BCUT2D eigenvalue weighted by molar-refractivity contribution is -0.117. The van der Waals surface area contributed by atoms with E-state index in [9.17, 15) is 13.2 Å². The monoisotopic (exact) mass is 248 g/mol. The van der Waals surface area contributed by atoms with Gasteiger partial charge in [0.1, 0.15) is 5.78 Å². The van der Waals surface area contributed by atoms with Crippen LogP contribution < -0.4 is 4.72 Å². The molecule has 0 bridgehead atoms. The van der Waals surface area contributed by atoms with E-state index in [1.165, 1.54) is 18.3 Å². The fraction of sp³-hybridized carbons (Fsp3) is 0.900. The van der Waals surface area contributed by atoms with Gasteiger partial charge in [0.05, 0.1) is 0 Å². The molecule has 1 N–H and O–H groups in total. The Bertz CT molecular complexity index is 340. The van der Waals surface area contributed by atoms with Crippen molar-refractivity contribution in [1.29, 1.82) is 0 Å². The van der Waals surface area contributed by atoms with Crippen LogP contribution >= 0.6 is 0 Å². The van der Waals surface area contributed by atoms with Gasteiger partial charge in [0, 0.05) is 26.1 Å². The van der Waals surface area contributed by atoms with Gasteiger partial charge in [0.25, 0.3) is 10.2 Å². The molecule has 0 aromatic rings. The number of carbonyl (C=O) groups excluding carboxylic acids is 1. The second-order valence-electron chi connectivity index (χ2n) is 4.23. The van der Waals surface area contributed by atoms with Gasteiger partial charge in [-0.1, -0.05) is 12.8 Å². The number of hydrogen-bond donors (Lipinski definition) is 1. The van der Waals surface area contributed by atoms with Crippen molar-refractivity contribution in [3.05, 3.63) is 0 Å². The Balaban J connectivity index is 2.85. The molecule has 16 heavy (non-hydrogen) atoms. The van der Waals surface area contributed by atoms with Crippen LogP contribution in [0.25, 0.3) is 0 Å². The van der Waals surface area contributed by atoms with Crippen LogP contribution in [0, 0.1) is 0 Å². The van der Waals surface area contributed by atoms with Gasteiger partial charge in [0.15, 0.2) is 0 Å². The molecular formula is C10H20N2O3S. The lowest BCUT2D eigenvalue weighted by Gasteiger charge is -2.27. The number of carbonyl (C=O) groups is 1. The van der Waals surface area contributed by atoms with Gasteiger partial charge in [0.2, 0.25) is 0 Å². The molecule has 0 saturated carbocycles. The van der Waals surface area contributed by atoms with Crippen LogP contribution in [0.5, 0.6) is 0 Å². The third-order valence-corrected chi connectivity index (χ3v) is 4.53. The van der Waals surface area contributed by atoms with Crippen LogP contribution in [0.15, 0.2) is 0 Å². The predicted octanol–water partition coefficient (Wildman–Crippen LogP) is 0.674. The normalized spacial score (nSPS) is 24.0. The Morgan fingerprint density at radius 1 is 1.38 bits per heavy atom. The van der Waals surface area contributed by atoms with E-state index in [4.69, 9.17) is 0 Å². The smallest absolute Gasteiger partial charge is 0.279 e. The molecule has 0 radical (unpaired) electrons. The van der Waals surface area contributed by atoms with Gasteiger partial charge in [-0.15, -0.1) is 0 Å². The van der Waals surface area contributed by atoms with Crippen LogP contribution in [-0.2, 0) is 15.0 Å². The fourth-order valence-corrected chi connectivity index (χ4v) is 3.30. The minimum Gasteiger partial charge on any atom is -0.300 e. The third kappa shape index (κ3) is 3.54. The summed E-state index contributed by atoms with van der Waals surface area (Å²) in [6.07, 6.45) is 3.99. The molecule has 5 nitrogen and oxygen atoms in total. The maximum Gasteiger partial charge on any atom is 0.279 e. The summed E-state index contributed by atoms with van der Waals surface area (Å²) in [5.41, 5.74) is 0. The molecular weight excluding hydrogens is 228 g/mol. The van der Waals surface area contributed by atoms with Crippen LogP contribution in [-0.4, -0.2) is 38.1 Å². The van der Waals surface area contributed by atoms with Crippen molar-refractivity contribution in [3.8, 4) is 0 Å². The zero-order valence-corrected chi connectivity index (χ0v) is 10.7. The zero-order valence-electron chi connectivity index (χ0n) is 9.90. The molecule has 1 saturated heterocycles. The predicted molar refractivity (Wildman–Crippen MR) is 62.2 cm³/mol. The SMILES string of the molecule is CNS(=O)(=O)N1CCCCCC1CC(C)=O. The first-order valence-electron chi connectivity index (χ1n) is 5.67. The van der Waals surface area contributed by atoms with Crippen molar-refractivity contribution in [3.63, 3.8) is 0 Å². The molecule has 1 rings (SSSR count). The molecule has 0 aromatic carbocycles. The molecule has 1 atom stereocenters. The summed E-state index contributed by atoms with van der Waals surface area (Å²) in [5.74, 6) is 0.0446. The topological polar surface area (TPSA) is 66.5 Å². The van der Waals surface area contributed by atoms with Crippen molar-refractivity contribution >= 4 is 16.0 Å². The Labute approximate surface area is 97.4 Å². The second kappa shape index (κ2) is 5.75. The lowest BCUT2D eigenvalue weighted by atomic mass is 10.1. The van der Waals surface area contributed by atoms with Crippen molar-refractivity contribution in [2.24, 2.45) is 0 Å². The van der Waals surface area contributed by atoms with Crippen LogP contribution in [0.4, 0.5) is 0 Å². The molecule has 6 heteroatoms. The van der Waals surface area contributed by atoms with Crippen molar-refractivity contribution < 1.29 is 13.2 Å². The highest BCUT2D eigenvalue weighted by molar-refractivity contribution is 7.87. The van der Waals surface area contributed by atoms with Gasteiger partial charge >= 0.3 is 0 Å². The van der Waals surface area contributed by atoms with E-state index in [0.717, 1.165) is 25.7 Å². The molecule has 0 aromatic heterocycles. The summed E-state index contributed by atoms with van der Waals surface area (Å²) in [6.45, 7) is 2.02. The summed E-state index contributed by atoms with van der Waals surface area (Å²) >= 11 is 0. The highest BCUT2D eigenvalue weighted by atomic mass is 32.2. The number of nitrogens with zero attached hydrogens (tertiary/aromatic N) is 1. The summed E-state index contributed by atoms with van der Waals surface area (Å²) in [7, 11) is -2.00. The van der Waals surface area contributed by atoms with Crippen LogP contribution in [0.3, 0.4) is 0 Å². The van der Waals surface area contributed by atoms with E-state index in [1.54, 1.807) is 0 Å². The number of Topliss-reactive ketones (excluding diaryl/α,β-unsaturated/α-hetero) is 1. The number of rotatable bonds is 4. The van der Waals surface area contributed by atoms with E-state index < -0.39 is 10.2 Å². The Hall–Kier alpha value is -0.460. The first-order valence-corrected chi connectivity index (χ1v) is 7.11. The van der Waals surface area contributed by atoms with Gasteiger partial charge in [-0.25, -0.2) is 4.72 Å². The highest BCUT2D eigenvalue weighted by Crippen LogP contribution is 2.21. The fourth-order valence-electron chi connectivity index (χ4n) is 2.12. The Morgan fingerprint density at radius 3 is 2.62 bits per heavy atom. The number of nitrogens with one attached hydrogen (secondary N) is 1. The van der Waals surface area contributed by atoms with Crippen molar-refractivity contribution in [1.82, 2.24) is 9.03 Å². The molecule has 0 spiro atoms. The maximum absolute atomic E-state index is 11.8. The molecule has 1 aliphatic heterocycles. The van der Waals surface area contributed by atoms with Crippen LogP contribution in [0.1, 0.15) is 39.0 Å².